The Hall–Kier alpha value is -1.55. The quantitative estimate of drug-likeness (QED) is 0.754. The van der Waals surface area contributed by atoms with Gasteiger partial charge in [0.25, 0.3) is 0 Å². The van der Waals surface area contributed by atoms with E-state index in [4.69, 9.17) is 10.2 Å². The van der Waals surface area contributed by atoms with Crippen molar-refractivity contribution in [3.05, 3.63) is 30.2 Å². The first kappa shape index (κ1) is 11.0. The molecule has 16 heavy (non-hydrogen) atoms. The molecule has 1 aliphatic rings. The molecule has 86 valence electrons. The number of rotatable bonds is 3. The van der Waals surface area contributed by atoms with Gasteiger partial charge in [-0.25, -0.2) is 0 Å². The van der Waals surface area contributed by atoms with Crippen LogP contribution in [0.3, 0.4) is 0 Å². The molecule has 0 aromatic carbocycles. The summed E-state index contributed by atoms with van der Waals surface area (Å²) in [5, 5.41) is 2.90. The van der Waals surface area contributed by atoms with E-state index in [0.717, 1.165) is 19.3 Å². The van der Waals surface area contributed by atoms with Gasteiger partial charge in [0.1, 0.15) is 5.76 Å². The second kappa shape index (κ2) is 4.99. The van der Waals surface area contributed by atoms with Crippen molar-refractivity contribution < 1.29 is 9.21 Å². The van der Waals surface area contributed by atoms with Crippen molar-refractivity contribution in [2.45, 2.75) is 31.3 Å². The highest BCUT2D eigenvalue weighted by Gasteiger charge is 2.24. The van der Waals surface area contributed by atoms with Gasteiger partial charge in [-0.15, -0.1) is 0 Å². The highest BCUT2D eigenvalue weighted by atomic mass is 16.3. The predicted molar refractivity (Wildman–Crippen MR) is 61.5 cm³/mol. The van der Waals surface area contributed by atoms with Gasteiger partial charge in [0.15, 0.2) is 0 Å². The minimum atomic E-state index is -0.112. The molecule has 4 nitrogen and oxygen atoms in total. The summed E-state index contributed by atoms with van der Waals surface area (Å²) in [6.45, 7) is 0. The second-order valence-electron chi connectivity index (χ2n) is 4.06. The molecular formula is C12H16N2O2. The minimum absolute atomic E-state index is 0.0981. The van der Waals surface area contributed by atoms with Crippen molar-refractivity contribution in [1.29, 1.82) is 0 Å². The number of hydrogen-bond acceptors (Lipinski definition) is 3. The van der Waals surface area contributed by atoms with Crippen molar-refractivity contribution in [2.24, 2.45) is 5.73 Å². The monoisotopic (exact) mass is 220 g/mol. The summed E-state index contributed by atoms with van der Waals surface area (Å²) in [5.41, 5.74) is 5.86. The van der Waals surface area contributed by atoms with Crippen molar-refractivity contribution in [1.82, 2.24) is 5.32 Å². The summed E-state index contributed by atoms with van der Waals surface area (Å²) in [4.78, 5) is 11.5. The zero-order valence-corrected chi connectivity index (χ0v) is 9.06. The van der Waals surface area contributed by atoms with E-state index >= 15 is 0 Å². The molecule has 0 saturated heterocycles. The van der Waals surface area contributed by atoms with Gasteiger partial charge in [-0.1, -0.05) is 0 Å². The van der Waals surface area contributed by atoms with Crippen LogP contribution in [0.15, 0.2) is 28.9 Å². The number of carbonyl (C=O) groups is 1. The molecule has 1 aliphatic carbocycles. The van der Waals surface area contributed by atoms with E-state index < -0.39 is 0 Å². The van der Waals surface area contributed by atoms with E-state index in [1.165, 1.54) is 6.08 Å². The normalized spacial score (nSPS) is 25.1. The predicted octanol–water partition coefficient (Wildman–Crippen LogP) is 1.29. The molecule has 0 spiro atoms. The first-order chi connectivity index (χ1) is 7.75. The molecule has 4 heteroatoms. The largest absolute Gasteiger partial charge is 0.465 e. The number of hydrogen-bond donors (Lipinski definition) is 2. The van der Waals surface area contributed by atoms with E-state index in [9.17, 15) is 4.79 Å². The molecule has 2 atom stereocenters. The third kappa shape index (κ3) is 2.73. The van der Waals surface area contributed by atoms with Gasteiger partial charge in [0.2, 0.25) is 5.91 Å². The lowest BCUT2D eigenvalue weighted by atomic mass is 10.2. The number of amides is 1. The Labute approximate surface area is 94.5 Å². The molecule has 1 heterocycles. The Balaban J connectivity index is 1.84. The topological polar surface area (TPSA) is 68.3 Å². The highest BCUT2D eigenvalue weighted by Crippen LogP contribution is 2.16. The van der Waals surface area contributed by atoms with Crippen LogP contribution in [-0.2, 0) is 4.79 Å². The molecule has 3 N–H and O–H groups in total. The Morgan fingerprint density at radius 2 is 2.44 bits per heavy atom. The van der Waals surface area contributed by atoms with Gasteiger partial charge in [0.05, 0.1) is 6.26 Å². The third-order valence-corrected chi connectivity index (χ3v) is 2.84. The van der Waals surface area contributed by atoms with Crippen molar-refractivity contribution in [3.8, 4) is 0 Å². The van der Waals surface area contributed by atoms with E-state index in [1.807, 2.05) is 0 Å². The number of nitrogens with one attached hydrogen (secondary N) is 1. The zero-order valence-electron chi connectivity index (χ0n) is 9.06. The van der Waals surface area contributed by atoms with Gasteiger partial charge in [-0.05, 0) is 37.5 Å². The van der Waals surface area contributed by atoms with Gasteiger partial charge in [-0.3, -0.25) is 4.79 Å². The summed E-state index contributed by atoms with van der Waals surface area (Å²) in [7, 11) is 0. The van der Waals surface area contributed by atoms with Gasteiger partial charge < -0.3 is 15.5 Å². The molecule has 0 aliphatic heterocycles. The molecule has 2 unspecified atom stereocenters. The van der Waals surface area contributed by atoms with E-state index in [0.29, 0.717) is 5.76 Å². The summed E-state index contributed by atoms with van der Waals surface area (Å²) in [6, 6.07) is 3.80. The molecule has 1 amide bonds. The van der Waals surface area contributed by atoms with Gasteiger partial charge in [0, 0.05) is 18.2 Å². The van der Waals surface area contributed by atoms with E-state index in [2.05, 4.69) is 5.32 Å². The maximum absolute atomic E-state index is 11.5. The molecule has 0 radical (unpaired) electrons. The van der Waals surface area contributed by atoms with Crippen LogP contribution in [0, 0.1) is 0 Å². The Morgan fingerprint density at radius 3 is 3.06 bits per heavy atom. The maximum Gasteiger partial charge on any atom is 0.244 e. The summed E-state index contributed by atoms with van der Waals surface area (Å²) >= 11 is 0. The fraction of sp³-hybridized carbons (Fsp3) is 0.417. The number of nitrogens with two attached hydrogens (primary N) is 1. The lowest BCUT2D eigenvalue weighted by molar-refractivity contribution is -0.117. The molecule has 1 aromatic heterocycles. The van der Waals surface area contributed by atoms with Crippen molar-refractivity contribution in [2.75, 3.05) is 0 Å². The van der Waals surface area contributed by atoms with Crippen LogP contribution in [0.4, 0.5) is 0 Å². The smallest absolute Gasteiger partial charge is 0.244 e. The first-order valence-electron chi connectivity index (χ1n) is 5.53. The van der Waals surface area contributed by atoms with Crippen molar-refractivity contribution >= 4 is 12.0 Å². The lowest BCUT2D eigenvalue weighted by Gasteiger charge is -2.15. The summed E-state index contributed by atoms with van der Waals surface area (Å²) < 4.78 is 5.08. The van der Waals surface area contributed by atoms with Gasteiger partial charge in [-0.2, -0.15) is 0 Å². The number of carbonyl (C=O) groups excluding carboxylic acids is 1. The SMILES string of the molecule is NC1CCCC1NC(=O)C=Cc1ccco1. The first-order valence-corrected chi connectivity index (χ1v) is 5.53. The van der Waals surface area contributed by atoms with Crippen molar-refractivity contribution in [3.63, 3.8) is 0 Å². The molecule has 1 saturated carbocycles. The molecule has 2 rings (SSSR count). The van der Waals surface area contributed by atoms with Crippen LogP contribution in [0.5, 0.6) is 0 Å². The molecule has 0 bridgehead atoms. The average Bonchev–Trinajstić information content (AvgIpc) is 2.88. The van der Waals surface area contributed by atoms with Crippen LogP contribution in [0.2, 0.25) is 0 Å². The lowest BCUT2D eigenvalue weighted by Crippen LogP contribution is -2.43. The fourth-order valence-electron chi connectivity index (χ4n) is 1.94. The Morgan fingerprint density at radius 1 is 1.56 bits per heavy atom. The maximum atomic E-state index is 11.5. The van der Waals surface area contributed by atoms with Crippen LogP contribution < -0.4 is 11.1 Å². The average molecular weight is 220 g/mol. The summed E-state index contributed by atoms with van der Waals surface area (Å²) in [6.07, 6.45) is 7.76. The van der Waals surface area contributed by atoms with Gasteiger partial charge >= 0.3 is 0 Å². The zero-order chi connectivity index (χ0) is 11.4. The van der Waals surface area contributed by atoms with Crippen LogP contribution in [0.1, 0.15) is 25.0 Å². The van der Waals surface area contributed by atoms with E-state index in [-0.39, 0.29) is 18.0 Å². The van der Waals surface area contributed by atoms with E-state index in [1.54, 1.807) is 24.5 Å². The molecule has 1 aromatic rings. The minimum Gasteiger partial charge on any atom is -0.465 e. The number of furan rings is 1. The van der Waals surface area contributed by atoms with Crippen LogP contribution in [0.25, 0.3) is 6.08 Å². The standard InChI is InChI=1S/C12H16N2O2/c13-10-4-1-5-11(10)14-12(15)7-6-9-3-2-8-16-9/h2-3,6-8,10-11H,1,4-5,13H2,(H,14,15). The fourth-order valence-corrected chi connectivity index (χ4v) is 1.94. The Bertz CT molecular complexity index is 370. The molecular weight excluding hydrogens is 204 g/mol. The second-order valence-corrected chi connectivity index (χ2v) is 4.06. The third-order valence-electron chi connectivity index (χ3n) is 2.84. The Kier molecular flexibility index (Phi) is 3.41. The van der Waals surface area contributed by atoms with Crippen LogP contribution in [-0.4, -0.2) is 18.0 Å². The summed E-state index contributed by atoms with van der Waals surface area (Å²) in [5.74, 6) is 0.560. The highest BCUT2D eigenvalue weighted by molar-refractivity contribution is 5.91. The molecule has 1 fully saturated rings. The van der Waals surface area contributed by atoms with Crippen LogP contribution >= 0.6 is 0 Å².